The van der Waals surface area contributed by atoms with Crippen molar-refractivity contribution in [1.82, 2.24) is 4.90 Å². The second kappa shape index (κ2) is 5.98. The van der Waals surface area contributed by atoms with Crippen LogP contribution in [0.1, 0.15) is 5.56 Å². The monoisotopic (exact) mass is 295 g/mol. The first-order valence-corrected chi connectivity index (χ1v) is 6.80. The molecule has 0 atom stereocenters. The topological polar surface area (TPSA) is 94.5 Å². The maximum atomic E-state index is 12.0. The van der Waals surface area contributed by atoms with Crippen molar-refractivity contribution in [1.29, 1.82) is 0 Å². The molecule has 2 amide bonds. The van der Waals surface area contributed by atoms with E-state index in [4.69, 9.17) is 4.74 Å². The summed E-state index contributed by atoms with van der Waals surface area (Å²) in [5.41, 5.74) is 4.32. The van der Waals surface area contributed by atoms with E-state index in [1.807, 2.05) is 0 Å². The number of quaternary nitrogens is 1. The molecule has 0 aromatic heterocycles. The van der Waals surface area contributed by atoms with Crippen molar-refractivity contribution in [3.63, 3.8) is 0 Å². The van der Waals surface area contributed by atoms with Gasteiger partial charge in [0.15, 0.2) is 11.5 Å². The van der Waals surface area contributed by atoms with Crippen LogP contribution in [0.3, 0.4) is 0 Å². The first kappa shape index (κ1) is 14.4. The Morgan fingerprint density at radius 2 is 2.20 bits per heavy atom. The Morgan fingerprint density at radius 3 is 2.85 bits per heavy atom. The van der Waals surface area contributed by atoms with E-state index in [2.05, 4.69) is 5.73 Å². The minimum Gasteiger partial charge on any atom is -0.504 e. The van der Waals surface area contributed by atoms with Gasteiger partial charge < -0.3 is 15.6 Å². The number of rotatable bonds is 4. The lowest BCUT2D eigenvalue weighted by atomic mass is 10.2. The lowest BCUT2D eigenvalue weighted by Crippen LogP contribution is -2.55. The van der Waals surface area contributed by atoms with Crippen molar-refractivity contribution in [2.24, 2.45) is 0 Å². The summed E-state index contributed by atoms with van der Waals surface area (Å²) < 4.78 is 5.00. The number of phenolic OH excluding ortho intramolecular Hbond substituents is 1. The summed E-state index contributed by atoms with van der Waals surface area (Å²) in [6.07, 6.45) is 1.61. The van der Waals surface area contributed by atoms with Gasteiger partial charge in [0.05, 0.1) is 25.1 Å². The molecule has 1 aliphatic heterocycles. The van der Waals surface area contributed by atoms with Crippen LogP contribution in [0.5, 0.6) is 11.5 Å². The van der Waals surface area contributed by atoms with Gasteiger partial charge in [-0.25, -0.2) is 0 Å². The van der Waals surface area contributed by atoms with Crippen molar-refractivity contribution in [3.8, 4) is 11.5 Å². The fraction of sp³-hybridized carbons (Fsp3) is 0.231. The molecule has 2 rings (SSSR count). The summed E-state index contributed by atoms with van der Waals surface area (Å²) in [4.78, 5) is 25.3. The van der Waals surface area contributed by atoms with E-state index in [0.29, 0.717) is 29.3 Å². The fourth-order valence-corrected chi connectivity index (χ4v) is 2.65. The van der Waals surface area contributed by atoms with Crippen molar-refractivity contribution in [2.45, 2.75) is 0 Å². The zero-order valence-corrected chi connectivity index (χ0v) is 11.8. The normalized spacial score (nSPS) is 17.1. The Bertz CT molecular complexity index is 586. The van der Waals surface area contributed by atoms with Crippen LogP contribution in [0.25, 0.3) is 6.08 Å². The second-order valence-electron chi connectivity index (χ2n) is 4.12. The Morgan fingerprint density at radius 1 is 1.45 bits per heavy atom. The number of benzene rings is 1. The molecule has 1 fully saturated rings. The SMILES string of the molecule is COc1cc(C=C2SC(=O)N(CC[NH3+])C2=O)ccc1O. The molecule has 0 saturated carbocycles. The highest BCUT2D eigenvalue weighted by Crippen LogP contribution is 2.33. The molecular weight excluding hydrogens is 280 g/mol. The van der Waals surface area contributed by atoms with Crippen LogP contribution in [0.4, 0.5) is 4.79 Å². The molecule has 6 nitrogen and oxygen atoms in total. The van der Waals surface area contributed by atoms with Crippen LogP contribution in [0, 0.1) is 0 Å². The average Bonchev–Trinajstić information content (AvgIpc) is 2.69. The van der Waals surface area contributed by atoms with Crippen LogP contribution in [0.2, 0.25) is 0 Å². The van der Waals surface area contributed by atoms with E-state index in [0.717, 1.165) is 11.8 Å². The molecule has 1 heterocycles. The largest absolute Gasteiger partial charge is 0.504 e. The summed E-state index contributed by atoms with van der Waals surface area (Å²) in [6.45, 7) is 0.805. The van der Waals surface area contributed by atoms with Crippen molar-refractivity contribution < 1.29 is 25.2 Å². The Hall–Kier alpha value is -1.99. The number of carbonyl (C=O) groups is 2. The van der Waals surface area contributed by atoms with Crippen molar-refractivity contribution in [3.05, 3.63) is 28.7 Å². The van der Waals surface area contributed by atoms with Crippen LogP contribution in [-0.2, 0) is 4.79 Å². The smallest absolute Gasteiger partial charge is 0.293 e. The number of aromatic hydroxyl groups is 1. The van der Waals surface area contributed by atoms with Gasteiger partial charge in [0.2, 0.25) is 0 Å². The van der Waals surface area contributed by atoms with Crippen molar-refractivity contribution in [2.75, 3.05) is 20.2 Å². The van der Waals surface area contributed by atoms with Crippen LogP contribution in [0.15, 0.2) is 23.1 Å². The van der Waals surface area contributed by atoms with Gasteiger partial charge in [-0.05, 0) is 35.5 Å². The lowest BCUT2D eigenvalue weighted by molar-refractivity contribution is -0.367. The van der Waals surface area contributed by atoms with Gasteiger partial charge >= 0.3 is 0 Å². The van der Waals surface area contributed by atoms with Crippen LogP contribution in [-0.4, -0.2) is 41.4 Å². The second-order valence-corrected chi connectivity index (χ2v) is 5.11. The highest BCUT2D eigenvalue weighted by molar-refractivity contribution is 8.18. The number of hydrogen-bond acceptors (Lipinski definition) is 5. The maximum absolute atomic E-state index is 12.0. The molecule has 0 bridgehead atoms. The predicted molar refractivity (Wildman–Crippen MR) is 75.1 cm³/mol. The van der Waals surface area contributed by atoms with E-state index in [9.17, 15) is 14.7 Å². The first-order valence-electron chi connectivity index (χ1n) is 5.98. The molecule has 1 saturated heterocycles. The molecule has 0 spiro atoms. The number of phenols is 1. The van der Waals surface area contributed by atoms with E-state index >= 15 is 0 Å². The van der Waals surface area contributed by atoms with Gasteiger partial charge in [-0.1, -0.05) is 6.07 Å². The molecule has 1 aliphatic rings. The molecule has 106 valence electrons. The predicted octanol–water partition coefficient (Wildman–Crippen LogP) is 0.679. The molecule has 0 unspecified atom stereocenters. The van der Waals surface area contributed by atoms with E-state index in [1.165, 1.54) is 18.1 Å². The molecular formula is C13H15N2O4S+. The minimum absolute atomic E-state index is 0.0230. The van der Waals surface area contributed by atoms with Crippen molar-refractivity contribution >= 4 is 29.0 Å². The number of amides is 2. The number of methoxy groups -OCH3 is 1. The fourth-order valence-electron chi connectivity index (χ4n) is 1.79. The number of imide groups is 1. The van der Waals surface area contributed by atoms with Gasteiger partial charge in [-0.3, -0.25) is 14.5 Å². The van der Waals surface area contributed by atoms with E-state index in [1.54, 1.807) is 18.2 Å². The number of carbonyl (C=O) groups excluding carboxylic acids is 2. The van der Waals surface area contributed by atoms with Gasteiger partial charge in [0.25, 0.3) is 11.1 Å². The number of thioether (sulfide) groups is 1. The highest BCUT2D eigenvalue weighted by Gasteiger charge is 2.34. The van der Waals surface area contributed by atoms with Gasteiger partial charge in [-0.15, -0.1) is 0 Å². The summed E-state index contributed by atoms with van der Waals surface area (Å²) >= 11 is 0.902. The third-order valence-electron chi connectivity index (χ3n) is 2.76. The van der Waals surface area contributed by atoms with Crippen LogP contribution < -0.4 is 10.5 Å². The number of hydrogen-bond donors (Lipinski definition) is 2. The standard InChI is InChI=1S/C13H14N2O4S/c1-19-10-6-8(2-3-9(10)16)7-11-12(17)15(5-4-14)13(18)20-11/h2-3,6-7,16H,4-5,14H2,1H3/p+1. The summed E-state index contributed by atoms with van der Waals surface area (Å²) in [7, 11) is 1.45. The number of ether oxygens (including phenoxy) is 1. The zero-order chi connectivity index (χ0) is 14.7. The lowest BCUT2D eigenvalue weighted by Gasteiger charge is -2.08. The van der Waals surface area contributed by atoms with E-state index in [-0.39, 0.29) is 16.9 Å². The van der Waals surface area contributed by atoms with Gasteiger partial charge in [-0.2, -0.15) is 0 Å². The van der Waals surface area contributed by atoms with Gasteiger partial charge in [0.1, 0.15) is 0 Å². The summed E-state index contributed by atoms with van der Waals surface area (Å²) in [6, 6.07) is 4.72. The van der Waals surface area contributed by atoms with E-state index < -0.39 is 0 Å². The first-order chi connectivity index (χ1) is 9.56. The summed E-state index contributed by atoms with van der Waals surface area (Å²) in [5, 5.41) is 9.23. The number of nitrogens with zero attached hydrogens (tertiary/aromatic N) is 1. The average molecular weight is 295 g/mol. The quantitative estimate of drug-likeness (QED) is 0.797. The van der Waals surface area contributed by atoms with Crippen LogP contribution >= 0.6 is 11.8 Å². The minimum atomic E-state index is -0.310. The molecule has 7 heteroatoms. The Kier molecular flexibility index (Phi) is 4.31. The third-order valence-corrected chi connectivity index (χ3v) is 3.66. The molecule has 20 heavy (non-hydrogen) atoms. The molecule has 4 N–H and O–H groups in total. The molecule has 1 aromatic rings. The zero-order valence-electron chi connectivity index (χ0n) is 11.0. The Balaban J connectivity index is 2.28. The maximum Gasteiger partial charge on any atom is 0.293 e. The molecule has 0 radical (unpaired) electrons. The highest BCUT2D eigenvalue weighted by atomic mass is 32.2. The summed E-state index contributed by atoms with van der Waals surface area (Å²) in [5.74, 6) is 0.0289. The Labute approximate surface area is 120 Å². The third kappa shape index (κ3) is 2.78. The van der Waals surface area contributed by atoms with Gasteiger partial charge in [0, 0.05) is 0 Å². The molecule has 0 aliphatic carbocycles. The molecule has 1 aromatic carbocycles.